The van der Waals surface area contributed by atoms with E-state index in [1.807, 2.05) is 11.3 Å². The minimum atomic E-state index is -0.312. The molecule has 0 spiro atoms. The van der Waals surface area contributed by atoms with Gasteiger partial charge in [0, 0.05) is 12.5 Å². The second-order valence-electron chi connectivity index (χ2n) is 4.75. The quantitative estimate of drug-likeness (QED) is 0.416. The molecule has 1 aromatic heterocycles. The van der Waals surface area contributed by atoms with Crippen molar-refractivity contribution < 1.29 is 4.52 Å². The van der Waals surface area contributed by atoms with E-state index in [2.05, 4.69) is 31.4 Å². The first-order valence-electron chi connectivity index (χ1n) is 6.94. The zero-order valence-corrected chi connectivity index (χ0v) is 14.3. The lowest BCUT2D eigenvalue weighted by Crippen LogP contribution is -2.25. The predicted octanol–water partition coefficient (Wildman–Crippen LogP) is 5.52. The molecular formula is C14H25OPS2. The Hall–Kier alpha value is 0.310. The first kappa shape index (κ1) is 16.4. The molecule has 0 amide bonds. The molecule has 1 rings (SSSR count). The van der Waals surface area contributed by atoms with E-state index in [0.29, 0.717) is 0 Å². The molecule has 1 nitrogen and oxygen atoms in total. The Morgan fingerprint density at radius 3 is 2.50 bits per heavy atom. The Kier molecular flexibility index (Phi) is 8.41. The summed E-state index contributed by atoms with van der Waals surface area (Å²) in [6.07, 6.45) is 8.48. The highest BCUT2D eigenvalue weighted by molar-refractivity contribution is 7.94. The van der Waals surface area contributed by atoms with Crippen LogP contribution in [0.2, 0.25) is 0 Å². The predicted molar refractivity (Wildman–Crippen MR) is 87.8 cm³/mol. The summed E-state index contributed by atoms with van der Waals surface area (Å²) in [5.74, 6) is 0. The van der Waals surface area contributed by atoms with Crippen molar-refractivity contribution in [1.82, 2.24) is 0 Å². The maximum atomic E-state index is 6.13. The molecule has 1 aromatic rings. The van der Waals surface area contributed by atoms with E-state index in [1.165, 1.54) is 37.0 Å². The van der Waals surface area contributed by atoms with Crippen molar-refractivity contribution in [3.63, 3.8) is 0 Å². The van der Waals surface area contributed by atoms with Crippen LogP contribution in [0.3, 0.4) is 0 Å². The molecule has 0 aliphatic rings. The maximum Gasteiger partial charge on any atom is 0.107 e. The van der Waals surface area contributed by atoms with Gasteiger partial charge in [0.25, 0.3) is 0 Å². The molecule has 2 atom stereocenters. The van der Waals surface area contributed by atoms with Crippen molar-refractivity contribution in [1.29, 1.82) is 0 Å². The second kappa shape index (κ2) is 9.25. The van der Waals surface area contributed by atoms with Crippen LogP contribution in [0.15, 0.2) is 17.5 Å². The molecule has 4 heteroatoms. The molecule has 1 heterocycles. The molecule has 0 saturated heterocycles. The van der Waals surface area contributed by atoms with Crippen molar-refractivity contribution in [2.75, 3.05) is 0 Å². The average molecular weight is 304 g/mol. The van der Waals surface area contributed by atoms with Crippen molar-refractivity contribution in [2.24, 2.45) is 0 Å². The van der Waals surface area contributed by atoms with Gasteiger partial charge in [-0.15, -0.1) is 11.3 Å². The molecule has 0 saturated carbocycles. The standard InChI is InChI=1S/C14H25OPS2/c1-3-5-7-11-14(15-16-17,10-6-4-2)13-9-8-12-18-13/h8-9,12H,3-7,10-11,16H2,1-2H3. The summed E-state index contributed by atoms with van der Waals surface area (Å²) in [4.78, 5) is 1.38. The third-order valence-electron chi connectivity index (χ3n) is 3.36. The summed E-state index contributed by atoms with van der Waals surface area (Å²) in [6.45, 7) is 4.49. The lowest BCUT2D eigenvalue weighted by Gasteiger charge is -2.32. The van der Waals surface area contributed by atoms with Crippen LogP contribution in [0.5, 0.6) is 0 Å². The Morgan fingerprint density at radius 1 is 1.22 bits per heavy atom. The highest BCUT2D eigenvalue weighted by atomic mass is 32.4. The number of hydrogen-bond donors (Lipinski definition) is 0. The highest BCUT2D eigenvalue weighted by Gasteiger charge is 2.32. The van der Waals surface area contributed by atoms with Crippen molar-refractivity contribution in [3.8, 4) is 0 Å². The number of unbranched alkanes of at least 4 members (excludes halogenated alkanes) is 3. The van der Waals surface area contributed by atoms with Gasteiger partial charge >= 0.3 is 0 Å². The third kappa shape index (κ3) is 4.77. The van der Waals surface area contributed by atoms with E-state index in [1.54, 1.807) is 0 Å². The second-order valence-corrected chi connectivity index (χ2v) is 6.70. The molecular weight excluding hydrogens is 279 g/mol. The van der Waals surface area contributed by atoms with Gasteiger partial charge in [-0.2, -0.15) is 0 Å². The van der Waals surface area contributed by atoms with Crippen LogP contribution in [0.4, 0.5) is 0 Å². The Morgan fingerprint density at radius 2 is 1.94 bits per heavy atom. The molecule has 2 unspecified atom stereocenters. The summed E-state index contributed by atoms with van der Waals surface area (Å²) in [7, 11) is -0.312. The number of hydrogen-bond acceptors (Lipinski definition) is 3. The smallest absolute Gasteiger partial charge is 0.107 e. The zero-order valence-electron chi connectivity index (χ0n) is 11.5. The van der Waals surface area contributed by atoms with Crippen LogP contribution >= 0.6 is 18.9 Å². The molecule has 0 aromatic carbocycles. The van der Waals surface area contributed by atoms with Crippen molar-refractivity contribution in [3.05, 3.63) is 22.4 Å². The Balaban J connectivity index is 2.82. The van der Waals surface area contributed by atoms with Gasteiger partial charge in [-0.3, -0.25) is 0 Å². The van der Waals surface area contributed by atoms with E-state index < -0.39 is 0 Å². The summed E-state index contributed by atoms with van der Waals surface area (Å²) in [6, 6.07) is 4.35. The average Bonchev–Trinajstić information content (AvgIpc) is 2.90. The minimum absolute atomic E-state index is 0.0730. The van der Waals surface area contributed by atoms with Crippen LogP contribution < -0.4 is 0 Å². The fourth-order valence-electron chi connectivity index (χ4n) is 2.30. The highest BCUT2D eigenvalue weighted by Crippen LogP contribution is 2.41. The van der Waals surface area contributed by atoms with E-state index in [4.69, 9.17) is 16.3 Å². The van der Waals surface area contributed by atoms with Crippen LogP contribution in [-0.4, -0.2) is 0 Å². The minimum Gasteiger partial charge on any atom is -0.345 e. The van der Waals surface area contributed by atoms with Gasteiger partial charge < -0.3 is 4.52 Å². The summed E-state index contributed by atoms with van der Waals surface area (Å²) in [5, 5.41) is 2.15. The molecule has 0 N–H and O–H groups in total. The Bertz CT molecular complexity index is 327. The summed E-state index contributed by atoms with van der Waals surface area (Å²) in [5.41, 5.74) is -0.0730. The first-order chi connectivity index (χ1) is 8.79. The maximum absolute atomic E-state index is 6.13. The SMILES string of the molecule is CCCCCC(CCCC)(O[PH2]=S)c1cccs1. The van der Waals surface area contributed by atoms with Gasteiger partial charge in [-0.05, 0) is 24.3 Å². The largest absolute Gasteiger partial charge is 0.345 e. The van der Waals surface area contributed by atoms with Gasteiger partial charge in [0.1, 0.15) is 5.60 Å². The molecule has 104 valence electrons. The van der Waals surface area contributed by atoms with Gasteiger partial charge in [-0.1, -0.05) is 63.8 Å². The third-order valence-corrected chi connectivity index (χ3v) is 5.25. The normalized spacial score (nSPS) is 15.2. The van der Waals surface area contributed by atoms with E-state index >= 15 is 0 Å². The Labute approximate surface area is 122 Å². The fourth-order valence-corrected chi connectivity index (χ4v) is 4.41. The molecule has 0 bridgehead atoms. The monoisotopic (exact) mass is 304 g/mol. The van der Waals surface area contributed by atoms with Gasteiger partial charge in [-0.25, -0.2) is 0 Å². The van der Waals surface area contributed by atoms with Crippen LogP contribution in [-0.2, 0) is 21.9 Å². The molecule has 0 radical (unpaired) electrons. The van der Waals surface area contributed by atoms with Gasteiger partial charge in [0.05, 0.1) is 0 Å². The van der Waals surface area contributed by atoms with E-state index in [9.17, 15) is 0 Å². The van der Waals surface area contributed by atoms with Gasteiger partial charge in [0.2, 0.25) is 0 Å². The number of rotatable bonds is 10. The first-order valence-corrected chi connectivity index (χ1v) is 10.2. The van der Waals surface area contributed by atoms with Gasteiger partial charge in [0.15, 0.2) is 0 Å². The van der Waals surface area contributed by atoms with E-state index in [0.717, 1.165) is 12.8 Å². The molecule has 0 aliphatic heterocycles. The lowest BCUT2D eigenvalue weighted by atomic mass is 9.89. The fraction of sp³-hybridized carbons (Fsp3) is 0.714. The summed E-state index contributed by atoms with van der Waals surface area (Å²) < 4.78 is 6.13. The lowest BCUT2D eigenvalue weighted by molar-refractivity contribution is 0.0675. The van der Waals surface area contributed by atoms with Crippen LogP contribution in [0, 0.1) is 0 Å². The van der Waals surface area contributed by atoms with Crippen LogP contribution in [0.1, 0.15) is 63.7 Å². The van der Waals surface area contributed by atoms with E-state index in [-0.39, 0.29) is 13.2 Å². The zero-order chi connectivity index (χ0) is 13.3. The van der Waals surface area contributed by atoms with Crippen molar-refractivity contribution >= 4 is 30.7 Å². The number of thiophene rings is 1. The molecule has 0 aliphatic carbocycles. The molecule has 18 heavy (non-hydrogen) atoms. The molecule has 0 fully saturated rings. The summed E-state index contributed by atoms with van der Waals surface area (Å²) >= 11 is 6.99. The van der Waals surface area contributed by atoms with Crippen LogP contribution in [0.25, 0.3) is 0 Å². The van der Waals surface area contributed by atoms with Crippen molar-refractivity contribution in [2.45, 2.75) is 64.4 Å². The topological polar surface area (TPSA) is 9.23 Å².